The van der Waals surface area contributed by atoms with Crippen molar-refractivity contribution in [3.05, 3.63) is 29.8 Å². The Morgan fingerprint density at radius 3 is 2.50 bits per heavy atom. The topological polar surface area (TPSA) is 53.0 Å². The van der Waals surface area contributed by atoms with E-state index in [1.807, 2.05) is 18.2 Å². The van der Waals surface area contributed by atoms with Crippen LogP contribution in [-0.2, 0) is 11.3 Å². The van der Waals surface area contributed by atoms with Crippen LogP contribution in [0.2, 0.25) is 0 Å². The van der Waals surface area contributed by atoms with E-state index in [0.29, 0.717) is 6.54 Å². The summed E-state index contributed by atoms with van der Waals surface area (Å²) in [6.07, 6.45) is 0.229. The zero-order valence-corrected chi connectivity index (χ0v) is 11.9. The van der Waals surface area contributed by atoms with Crippen LogP contribution < -0.4 is 4.74 Å². The molecular weight excluding hydrogens is 256 g/mol. The van der Waals surface area contributed by atoms with Crippen LogP contribution in [0.4, 0.5) is 0 Å². The Kier molecular flexibility index (Phi) is 5.38. The molecule has 20 heavy (non-hydrogen) atoms. The molecule has 0 spiro atoms. The average Bonchev–Trinajstić information content (AvgIpc) is 2.47. The first-order valence-electron chi connectivity index (χ1n) is 6.97. The van der Waals surface area contributed by atoms with Gasteiger partial charge >= 0.3 is 5.97 Å². The second kappa shape index (κ2) is 7.26. The summed E-state index contributed by atoms with van der Waals surface area (Å²) in [5.74, 6) is 0.210. The summed E-state index contributed by atoms with van der Waals surface area (Å²) in [7, 11) is 1.70. The number of benzene rings is 1. The van der Waals surface area contributed by atoms with Gasteiger partial charge in [-0.15, -0.1) is 0 Å². The number of piperazine rings is 1. The average molecular weight is 278 g/mol. The standard InChI is InChI=1S/C15H22N2O3/c1-20-14-5-3-2-4-13(14)12-17-10-8-16(9-11-17)7-6-15(18)19/h2-5H,6-12H2,1H3,(H,18,19). The van der Waals surface area contributed by atoms with E-state index >= 15 is 0 Å². The molecule has 0 bridgehead atoms. The lowest BCUT2D eigenvalue weighted by Crippen LogP contribution is -2.46. The molecule has 0 unspecified atom stereocenters. The molecule has 110 valence electrons. The van der Waals surface area contributed by atoms with E-state index in [1.54, 1.807) is 7.11 Å². The quantitative estimate of drug-likeness (QED) is 0.849. The number of para-hydroxylation sites is 1. The summed E-state index contributed by atoms with van der Waals surface area (Å²) in [5.41, 5.74) is 1.20. The monoisotopic (exact) mass is 278 g/mol. The first-order valence-corrected chi connectivity index (χ1v) is 6.97. The number of hydrogen-bond donors (Lipinski definition) is 1. The van der Waals surface area contributed by atoms with Crippen LogP contribution >= 0.6 is 0 Å². The van der Waals surface area contributed by atoms with Gasteiger partial charge < -0.3 is 14.7 Å². The molecule has 2 rings (SSSR count). The number of carbonyl (C=O) groups is 1. The molecule has 1 aromatic carbocycles. The maximum Gasteiger partial charge on any atom is 0.304 e. The smallest absolute Gasteiger partial charge is 0.304 e. The fourth-order valence-electron chi connectivity index (χ4n) is 2.50. The molecule has 0 saturated carbocycles. The maximum absolute atomic E-state index is 10.6. The van der Waals surface area contributed by atoms with Crippen molar-refractivity contribution in [2.45, 2.75) is 13.0 Å². The molecule has 0 amide bonds. The van der Waals surface area contributed by atoms with E-state index in [9.17, 15) is 4.79 Å². The van der Waals surface area contributed by atoms with Crippen LogP contribution in [0.25, 0.3) is 0 Å². The zero-order chi connectivity index (χ0) is 14.4. The number of aliphatic carboxylic acids is 1. The van der Waals surface area contributed by atoms with Crippen molar-refractivity contribution < 1.29 is 14.6 Å². The Morgan fingerprint density at radius 2 is 1.85 bits per heavy atom. The highest BCUT2D eigenvalue weighted by atomic mass is 16.5. The van der Waals surface area contributed by atoms with Crippen molar-refractivity contribution in [2.24, 2.45) is 0 Å². The molecule has 1 heterocycles. The second-order valence-corrected chi connectivity index (χ2v) is 5.07. The highest BCUT2D eigenvalue weighted by molar-refractivity contribution is 5.66. The highest BCUT2D eigenvalue weighted by Crippen LogP contribution is 2.19. The van der Waals surface area contributed by atoms with Crippen molar-refractivity contribution in [1.82, 2.24) is 9.80 Å². The van der Waals surface area contributed by atoms with Gasteiger partial charge in [0, 0.05) is 44.8 Å². The Hall–Kier alpha value is -1.59. The van der Waals surface area contributed by atoms with Gasteiger partial charge in [-0.05, 0) is 6.07 Å². The molecule has 1 N–H and O–H groups in total. The Bertz CT molecular complexity index is 442. The first-order chi connectivity index (χ1) is 9.69. The van der Waals surface area contributed by atoms with Crippen LogP contribution in [0.5, 0.6) is 5.75 Å². The summed E-state index contributed by atoms with van der Waals surface area (Å²) in [6, 6.07) is 8.08. The normalized spacial score (nSPS) is 17.1. The van der Waals surface area contributed by atoms with E-state index in [0.717, 1.165) is 38.5 Å². The van der Waals surface area contributed by atoms with E-state index in [-0.39, 0.29) is 6.42 Å². The number of ether oxygens (including phenoxy) is 1. The predicted molar refractivity (Wildman–Crippen MR) is 77.0 cm³/mol. The minimum atomic E-state index is -0.721. The maximum atomic E-state index is 10.6. The molecule has 0 aliphatic carbocycles. The number of hydrogen-bond acceptors (Lipinski definition) is 4. The molecule has 0 radical (unpaired) electrons. The number of carboxylic acid groups (broad SMARTS) is 1. The lowest BCUT2D eigenvalue weighted by Gasteiger charge is -2.34. The van der Waals surface area contributed by atoms with Crippen molar-refractivity contribution in [2.75, 3.05) is 39.8 Å². The minimum absolute atomic E-state index is 0.229. The second-order valence-electron chi connectivity index (χ2n) is 5.07. The van der Waals surface area contributed by atoms with E-state index in [1.165, 1.54) is 5.56 Å². The van der Waals surface area contributed by atoms with Gasteiger partial charge in [-0.3, -0.25) is 9.69 Å². The fraction of sp³-hybridized carbons (Fsp3) is 0.533. The molecule has 5 heteroatoms. The molecule has 1 aromatic rings. The van der Waals surface area contributed by atoms with Crippen LogP contribution in [0.3, 0.4) is 0 Å². The summed E-state index contributed by atoms with van der Waals surface area (Å²) in [4.78, 5) is 15.2. The first kappa shape index (κ1) is 14.8. The zero-order valence-electron chi connectivity index (χ0n) is 11.9. The largest absolute Gasteiger partial charge is 0.496 e. The molecule has 1 aliphatic heterocycles. The predicted octanol–water partition coefficient (Wildman–Crippen LogP) is 1.29. The Balaban J connectivity index is 1.81. The molecule has 1 aliphatic rings. The Labute approximate surface area is 119 Å². The lowest BCUT2D eigenvalue weighted by molar-refractivity contribution is -0.137. The van der Waals surface area contributed by atoms with Crippen LogP contribution in [-0.4, -0.2) is 60.7 Å². The summed E-state index contributed by atoms with van der Waals surface area (Å²) >= 11 is 0. The lowest BCUT2D eigenvalue weighted by atomic mass is 10.1. The van der Waals surface area contributed by atoms with Gasteiger partial charge in [0.25, 0.3) is 0 Å². The molecule has 0 aromatic heterocycles. The van der Waals surface area contributed by atoms with Gasteiger partial charge in [0.15, 0.2) is 0 Å². The summed E-state index contributed by atoms with van der Waals surface area (Å²) < 4.78 is 5.37. The molecule has 5 nitrogen and oxygen atoms in total. The van der Waals surface area contributed by atoms with Gasteiger partial charge in [0.05, 0.1) is 13.5 Å². The van der Waals surface area contributed by atoms with E-state index < -0.39 is 5.97 Å². The fourth-order valence-corrected chi connectivity index (χ4v) is 2.50. The van der Waals surface area contributed by atoms with Crippen molar-refractivity contribution in [3.63, 3.8) is 0 Å². The van der Waals surface area contributed by atoms with Crippen molar-refractivity contribution >= 4 is 5.97 Å². The van der Waals surface area contributed by atoms with Gasteiger partial charge in [-0.25, -0.2) is 0 Å². The Morgan fingerprint density at radius 1 is 1.20 bits per heavy atom. The molecule has 1 fully saturated rings. The minimum Gasteiger partial charge on any atom is -0.496 e. The van der Waals surface area contributed by atoms with Crippen molar-refractivity contribution in [1.29, 1.82) is 0 Å². The number of carboxylic acids is 1. The van der Waals surface area contributed by atoms with Crippen LogP contribution in [0, 0.1) is 0 Å². The van der Waals surface area contributed by atoms with Gasteiger partial charge in [-0.2, -0.15) is 0 Å². The van der Waals surface area contributed by atoms with Gasteiger partial charge in [0.1, 0.15) is 5.75 Å². The third kappa shape index (κ3) is 4.21. The number of methoxy groups -OCH3 is 1. The molecule has 0 atom stereocenters. The van der Waals surface area contributed by atoms with Gasteiger partial charge in [0.2, 0.25) is 0 Å². The molecule has 1 saturated heterocycles. The third-order valence-corrected chi connectivity index (χ3v) is 3.69. The highest BCUT2D eigenvalue weighted by Gasteiger charge is 2.18. The SMILES string of the molecule is COc1ccccc1CN1CCN(CCC(=O)O)CC1. The van der Waals surface area contributed by atoms with Crippen molar-refractivity contribution in [3.8, 4) is 5.75 Å². The summed E-state index contributed by atoms with van der Waals surface area (Å²) in [6.45, 7) is 5.34. The number of rotatable bonds is 6. The van der Waals surface area contributed by atoms with Gasteiger partial charge in [-0.1, -0.05) is 18.2 Å². The van der Waals surface area contributed by atoms with Crippen LogP contribution in [0.15, 0.2) is 24.3 Å². The van der Waals surface area contributed by atoms with Crippen LogP contribution in [0.1, 0.15) is 12.0 Å². The van der Waals surface area contributed by atoms with E-state index in [2.05, 4.69) is 15.9 Å². The summed E-state index contributed by atoms with van der Waals surface area (Å²) in [5, 5.41) is 8.70. The molecular formula is C15H22N2O3. The third-order valence-electron chi connectivity index (χ3n) is 3.69. The number of nitrogens with zero attached hydrogens (tertiary/aromatic N) is 2. The van der Waals surface area contributed by atoms with E-state index in [4.69, 9.17) is 9.84 Å².